The lowest BCUT2D eigenvalue weighted by Crippen LogP contribution is -2.32. The highest BCUT2D eigenvalue weighted by Gasteiger charge is 2.83. The summed E-state index contributed by atoms with van der Waals surface area (Å²) < 4.78 is 10.4. The van der Waals surface area contributed by atoms with E-state index in [0.717, 1.165) is 0 Å². The normalized spacial score (nSPS) is 63.9. The van der Waals surface area contributed by atoms with Crippen molar-refractivity contribution in [3.05, 3.63) is 0 Å². The zero-order chi connectivity index (χ0) is 14.9. The molecule has 12 atom stereocenters. The number of hydrogen-bond acceptors (Lipinski definition) is 4. The Hall–Kier alpha value is -1.06. The van der Waals surface area contributed by atoms with E-state index in [4.69, 9.17) is 9.47 Å². The Bertz CT molecular complexity index is 516. The van der Waals surface area contributed by atoms with Crippen LogP contribution in [-0.2, 0) is 19.1 Å². The summed E-state index contributed by atoms with van der Waals surface area (Å²) in [5.41, 5.74) is 0. The summed E-state index contributed by atoms with van der Waals surface area (Å²) in [6.07, 6.45) is 2.46. The molecule has 4 heteroatoms. The van der Waals surface area contributed by atoms with Crippen LogP contribution in [0.15, 0.2) is 0 Å². The SMILES string of the molecule is COC(=O)C1[C@@H]2C3C4[C@@H](C(C(=O)OC)[C@@H]3[C@@H]3C[C@H]23)[C@H]2C[C@H]2[C@@H]14. The van der Waals surface area contributed by atoms with Crippen molar-refractivity contribution < 1.29 is 19.1 Å². The molecule has 6 aliphatic rings. The van der Waals surface area contributed by atoms with Gasteiger partial charge in [-0.2, -0.15) is 0 Å². The van der Waals surface area contributed by atoms with Gasteiger partial charge in [0.2, 0.25) is 0 Å². The van der Waals surface area contributed by atoms with Gasteiger partial charge < -0.3 is 9.47 Å². The Morgan fingerprint density at radius 3 is 1.23 bits per heavy atom. The zero-order valence-corrected chi connectivity index (χ0v) is 13.0. The summed E-state index contributed by atoms with van der Waals surface area (Å²) in [5.74, 6) is 6.37. The van der Waals surface area contributed by atoms with Crippen LogP contribution in [0.5, 0.6) is 0 Å². The molecule has 4 unspecified atom stereocenters. The van der Waals surface area contributed by atoms with E-state index in [9.17, 15) is 9.59 Å². The van der Waals surface area contributed by atoms with E-state index < -0.39 is 0 Å². The summed E-state index contributed by atoms with van der Waals surface area (Å²) >= 11 is 0. The van der Waals surface area contributed by atoms with Crippen LogP contribution in [0.25, 0.3) is 0 Å². The van der Waals surface area contributed by atoms with Crippen LogP contribution in [-0.4, -0.2) is 26.2 Å². The summed E-state index contributed by atoms with van der Waals surface area (Å²) in [7, 11) is 3.09. The molecule has 0 amide bonds. The Labute approximate surface area is 129 Å². The van der Waals surface area contributed by atoms with E-state index in [1.165, 1.54) is 12.8 Å². The molecule has 0 aromatic heterocycles. The topological polar surface area (TPSA) is 52.6 Å². The van der Waals surface area contributed by atoms with E-state index in [2.05, 4.69) is 0 Å². The number of methoxy groups -OCH3 is 2. The quantitative estimate of drug-likeness (QED) is 0.727. The highest BCUT2D eigenvalue weighted by Crippen LogP contribution is 2.84. The van der Waals surface area contributed by atoms with Crippen LogP contribution in [0, 0.1) is 71.0 Å². The average molecular weight is 302 g/mol. The molecule has 6 aliphatic carbocycles. The molecule has 0 N–H and O–H groups in total. The first kappa shape index (κ1) is 12.4. The zero-order valence-electron chi connectivity index (χ0n) is 13.0. The van der Waals surface area contributed by atoms with E-state index in [0.29, 0.717) is 59.2 Å². The summed E-state index contributed by atoms with van der Waals surface area (Å²) in [6, 6.07) is 0. The summed E-state index contributed by atoms with van der Waals surface area (Å²) in [5, 5.41) is 0. The van der Waals surface area contributed by atoms with Crippen molar-refractivity contribution in [2.45, 2.75) is 12.8 Å². The maximum absolute atomic E-state index is 12.5. The standard InChI is InChI=1S/C18H22O4/c1-21-17(19)15-9-5-3-7(5)11-13(9)14-10(15)6-4-8(6)12(14)16(11)18(20)22-2/h5-16H,3-4H2,1-2H3/t5-,6+,7+,8-,9-,10+,11+,12-,13?,14?,15?,16?. The van der Waals surface area contributed by atoms with E-state index in [1.54, 1.807) is 14.2 Å². The van der Waals surface area contributed by atoms with Gasteiger partial charge >= 0.3 is 11.9 Å². The second-order valence-corrected chi connectivity index (χ2v) is 8.69. The summed E-state index contributed by atoms with van der Waals surface area (Å²) in [6.45, 7) is 0. The molecular formula is C18H22O4. The van der Waals surface area contributed by atoms with Gasteiger partial charge in [-0.3, -0.25) is 9.59 Å². The van der Waals surface area contributed by atoms with E-state index in [-0.39, 0.29) is 23.8 Å². The minimum Gasteiger partial charge on any atom is -0.469 e. The number of hydrogen-bond donors (Lipinski definition) is 0. The largest absolute Gasteiger partial charge is 0.469 e. The number of carbonyl (C=O) groups is 2. The molecule has 0 radical (unpaired) electrons. The molecule has 6 fully saturated rings. The molecule has 22 heavy (non-hydrogen) atoms. The van der Waals surface area contributed by atoms with Gasteiger partial charge in [0.15, 0.2) is 0 Å². The maximum Gasteiger partial charge on any atom is 0.309 e. The van der Waals surface area contributed by atoms with Gasteiger partial charge in [-0.1, -0.05) is 0 Å². The molecule has 0 aliphatic heterocycles. The number of fused-ring (bicyclic) bond motifs is 6. The van der Waals surface area contributed by atoms with E-state index in [1.807, 2.05) is 0 Å². The average Bonchev–Trinajstić information content (AvgIpc) is 3.35. The maximum atomic E-state index is 12.5. The molecule has 0 saturated heterocycles. The van der Waals surface area contributed by atoms with Crippen LogP contribution in [0.4, 0.5) is 0 Å². The number of esters is 2. The molecule has 0 aromatic rings. The molecule has 0 bridgehead atoms. The Morgan fingerprint density at radius 2 is 0.955 bits per heavy atom. The van der Waals surface area contributed by atoms with Gasteiger partial charge in [-0.25, -0.2) is 0 Å². The van der Waals surface area contributed by atoms with Gasteiger partial charge in [0, 0.05) is 0 Å². The van der Waals surface area contributed by atoms with Crippen molar-refractivity contribution in [2.75, 3.05) is 14.2 Å². The molecule has 4 nitrogen and oxygen atoms in total. The van der Waals surface area contributed by atoms with Crippen molar-refractivity contribution in [1.82, 2.24) is 0 Å². The van der Waals surface area contributed by atoms with Gasteiger partial charge in [-0.15, -0.1) is 0 Å². The fourth-order valence-corrected chi connectivity index (χ4v) is 8.36. The lowest BCUT2D eigenvalue weighted by molar-refractivity contribution is -0.149. The third-order valence-electron chi connectivity index (χ3n) is 8.59. The molecule has 0 aromatic carbocycles. The fraction of sp³-hybridized carbons (Fsp3) is 0.889. The van der Waals surface area contributed by atoms with Crippen molar-refractivity contribution in [3.8, 4) is 0 Å². The Kier molecular flexibility index (Phi) is 1.99. The van der Waals surface area contributed by atoms with Crippen LogP contribution in [0.1, 0.15) is 12.8 Å². The van der Waals surface area contributed by atoms with Gasteiger partial charge in [0.1, 0.15) is 0 Å². The Balaban J connectivity index is 1.49. The van der Waals surface area contributed by atoms with Gasteiger partial charge in [0.25, 0.3) is 0 Å². The first-order valence-corrected chi connectivity index (χ1v) is 8.84. The number of rotatable bonds is 2. The van der Waals surface area contributed by atoms with Crippen LogP contribution >= 0.6 is 0 Å². The monoisotopic (exact) mass is 302 g/mol. The second kappa shape index (κ2) is 3.54. The third kappa shape index (κ3) is 1.09. The highest BCUT2D eigenvalue weighted by atomic mass is 16.5. The molecule has 6 rings (SSSR count). The van der Waals surface area contributed by atoms with Crippen molar-refractivity contribution in [1.29, 1.82) is 0 Å². The van der Waals surface area contributed by atoms with Crippen LogP contribution in [0.3, 0.4) is 0 Å². The predicted octanol–water partition coefficient (Wildman–Crippen LogP) is 1.59. The van der Waals surface area contributed by atoms with Crippen molar-refractivity contribution >= 4 is 11.9 Å². The number of ether oxygens (including phenoxy) is 2. The second-order valence-electron chi connectivity index (χ2n) is 8.69. The van der Waals surface area contributed by atoms with Crippen LogP contribution < -0.4 is 0 Å². The van der Waals surface area contributed by atoms with Gasteiger partial charge in [0.05, 0.1) is 26.1 Å². The molecular weight excluding hydrogens is 280 g/mol. The lowest BCUT2D eigenvalue weighted by Gasteiger charge is -2.26. The Morgan fingerprint density at radius 1 is 0.636 bits per heavy atom. The van der Waals surface area contributed by atoms with Crippen molar-refractivity contribution in [3.63, 3.8) is 0 Å². The molecule has 0 spiro atoms. The highest BCUT2D eigenvalue weighted by molar-refractivity contribution is 5.77. The first-order valence-electron chi connectivity index (χ1n) is 8.84. The van der Waals surface area contributed by atoms with Crippen LogP contribution in [0.2, 0.25) is 0 Å². The summed E-state index contributed by atoms with van der Waals surface area (Å²) in [4.78, 5) is 25.0. The minimum absolute atomic E-state index is 0.0385. The smallest absolute Gasteiger partial charge is 0.309 e. The minimum atomic E-state index is 0.0385. The van der Waals surface area contributed by atoms with Gasteiger partial charge in [-0.05, 0) is 72.0 Å². The predicted molar refractivity (Wildman–Crippen MR) is 75.1 cm³/mol. The molecule has 6 saturated carbocycles. The fourth-order valence-electron chi connectivity index (χ4n) is 8.36. The molecule has 0 heterocycles. The first-order chi connectivity index (χ1) is 10.7. The van der Waals surface area contributed by atoms with Crippen molar-refractivity contribution in [2.24, 2.45) is 71.0 Å². The number of carbonyl (C=O) groups excluding carboxylic acids is 2. The third-order valence-corrected chi connectivity index (χ3v) is 8.59. The molecule has 118 valence electrons. The lowest BCUT2D eigenvalue weighted by atomic mass is 9.79. The van der Waals surface area contributed by atoms with E-state index >= 15 is 0 Å².